The summed E-state index contributed by atoms with van der Waals surface area (Å²) in [7, 11) is 0. The van der Waals surface area contributed by atoms with Crippen molar-refractivity contribution in [3.63, 3.8) is 0 Å². The number of rotatable bonds is 3. The molecule has 1 aliphatic rings. The summed E-state index contributed by atoms with van der Waals surface area (Å²) in [5, 5.41) is 1.23. The van der Waals surface area contributed by atoms with Crippen LogP contribution in [-0.4, -0.2) is 23.0 Å². The molecule has 0 atom stereocenters. The number of likely N-dealkylation sites (tertiary alicyclic amines) is 1. The normalized spacial score (nSPS) is 17.9. The van der Waals surface area contributed by atoms with Crippen LogP contribution in [0, 0.1) is 0 Å². The van der Waals surface area contributed by atoms with E-state index in [9.17, 15) is 0 Å². The number of alkyl halides is 1. The zero-order chi connectivity index (χ0) is 14.9. The number of hydrogen-bond donors (Lipinski definition) is 1. The number of benzene rings is 1. The van der Waals surface area contributed by atoms with Gasteiger partial charge in [0.1, 0.15) is 5.67 Å². The zero-order valence-electron chi connectivity index (χ0n) is 12.0. The quantitative estimate of drug-likeness (QED) is 0.887. The third-order valence-electron chi connectivity index (χ3n) is 3.96. The molecule has 0 bridgehead atoms. The summed E-state index contributed by atoms with van der Waals surface area (Å²) < 4.78 is 15.1. The molecule has 1 aliphatic heterocycles. The van der Waals surface area contributed by atoms with Gasteiger partial charge < -0.3 is 5.73 Å². The highest BCUT2D eigenvalue weighted by Crippen LogP contribution is 2.37. The van der Waals surface area contributed by atoms with Crippen molar-refractivity contribution in [3.05, 3.63) is 45.9 Å². The highest BCUT2D eigenvalue weighted by Gasteiger charge is 2.36. The van der Waals surface area contributed by atoms with Crippen LogP contribution in [0.2, 0.25) is 5.02 Å². The van der Waals surface area contributed by atoms with Gasteiger partial charge in [0.15, 0.2) is 5.13 Å². The van der Waals surface area contributed by atoms with Gasteiger partial charge in [0.2, 0.25) is 0 Å². The minimum atomic E-state index is -1.24. The average Bonchev–Trinajstić information content (AvgIpc) is 2.88. The maximum absolute atomic E-state index is 15.1. The maximum Gasteiger partial charge on any atom is 0.180 e. The lowest BCUT2D eigenvalue weighted by molar-refractivity contribution is 0.0530. The van der Waals surface area contributed by atoms with Crippen molar-refractivity contribution in [3.8, 4) is 0 Å². The number of piperidine rings is 1. The smallest absolute Gasteiger partial charge is 0.180 e. The Bertz CT molecular complexity index is 610. The van der Waals surface area contributed by atoms with Crippen molar-refractivity contribution in [2.75, 3.05) is 18.8 Å². The van der Waals surface area contributed by atoms with Crippen molar-refractivity contribution in [1.82, 2.24) is 9.88 Å². The lowest BCUT2D eigenvalue weighted by Crippen LogP contribution is -2.39. The fourth-order valence-electron chi connectivity index (χ4n) is 2.72. The molecule has 2 N–H and O–H groups in total. The van der Waals surface area contributed by atoms with Gasteiger partial charge in [-0.2, -0.15) is 0 Å². The highest BCUT2D eigenvalue weighted by atomic mass is 35.5. The van der Waals surface area contributed by atoms with Gasteiger partial charge in [0.25, 0.3) is 0 Å². The molecule has 3 nitrogen and oxygen atoms in total. The van der Waals surface area contributed by atoms with Crippen LogP contribution in [0.1, 0.15) is 23.3 Å². The Labute approximate surface area is 144 Å². The maximum atomic E-state index is 15.1. The summed E-state index contributed by atoms with van der Waals surface area (Å²) in [6, 6.07) is 7.10. The molecule has 0 spiro atoms. The van der Waals surface area contributed by atoms with Crippen LogP contribution in [0.5, 0.6) is 0 Å². The van der Waals surface area contributed by atoms with Crippen molar-refractivity contribution in [1.29, 1.82) is 0 Å². The first-order chi connectivity index (χ1) is 10.0. The van der Waals surface area contributed by atoms with Crippen molar-refractivity contribution < 1.29 is 4.39 Å². The Hall–Kier alpha value is -0.880. The molecule has 1 aromatic heterocycles. The van der Waals surface area contributed by atoms with Gasteiger partial charge in [0.05, 0.1) is 0 Å². The second kappa shape index (κ2) is 7.13. The molecular weight excluding hydrogens is 344 g/mol. The number of nitrogens with zero attached hydrogens (tertiary/aromatic N) is 2. The van der Waals surface area contributed by atoms with Crippen LogP contribution in [-0.2, 0) is 12.2 Å². The highest BCUT2D eigenvalue weighted by molar-refractivity contribution is 7.15. The molecule has 2 aromatic rings. The molecule has 2 heterocycles. The summed E-state index contributed by atoms with van der Waals surface area (Å²) in [5.41, 5.74) is 5.12. The van der Waals surface area contributed by atoms with Gasteiger partial charge in [-0.15, -0.1) is 23.7 Å². The minimum Gasteiger partial charge on any atom is -0.375 e. The van der Waals surface area contributed by atoms with E-state index in [1.54, 1.807) is 30.5 Å². The van der Waals surface area contributed by atoms with E-state index in [1.807, 2.05) is 0 Å². The number of nitrogens with two attached hydrogens (primary N) is 1. The Morgan fingerprint density at radius 1 is 1.27 bits per heavy atom. The molecule has 0 amide bonds. The van der Waals surface area contributed by atoms with Gasteiger partial charge in [-0.25, -0.2) is 9.37 Å². The molecule has 1 fully saturated rings. The lowest BCUT2D eigenvalue weighted by Gasteiger charge is -2.36. The SMILES string of the molecule is Cl.Nc1ncc(CN2CCC(F)(c3ccc(Cl)cc3)CC2)s1. The molecule has 22 heavy (non-hydrogen) atoms. The largest absolute Gasteiger partial charge is 0.375 e. The van der Waals surface area contributed by atoms with Crippen LogP contribution >= 0.6 is 35.3 Å². The standard InChI is InChI=1S/C15H17ClFN3S.ClH/c16-12-3-1-11(2-4-12)15(17)5-7-20(8-6-15)10-13-9-19-14(18)21-13;/h1-4,9H,5-8,10H2,(H2,18,19);1H. The summed E-state index contributed by atoms with van der Waals surface area (Å²) in [5.74, 6) is 0. The fraction of sp³-hybridized carbons (Fsp3) is 0.400. The topological polar surface area (TPSA) is 42.1 Å². The fourth-order valence-corrected chi connectivity index (χ4v) is 3.57. The number of halogens is 3. The molecule has 7 heteroatoms. The van der Waals surface area contributed by atoms with E-state index in [0.29, 0.717) is 23.0 Å². The van der Waals surface area contributed by atoms with Gasteiger partial charge in [0, 0.05) is 35.7 Å². The number of anilines is 1. The van der Waals surface area contributed by atoms with E-state index in [-0.39, 0.29) is 12.4 Å². The molecule has 3 rings (SSSR count). The Morgan fingerprint density at radius 2 is 1.91 bits per heavy atom. The first kappa shape index (κ1) is 17.5. The lowest BCUT2D eigenvalue weighted by atomic mass is 9.86. The van der Waals surface area contributed by atoms with E-state index < -0.39 is 5.67 Å². The number of nitrogen functional groups attached to an aromatic ring is 1. The van der Waals surface area contributed by atoms with Crippen molar-refractivity contribution in [2.45, 2.75) is 25.1 Å². The molecule has 0 unspecified atom stereocenters. The molecule has 0 radical (unpaired) electrons. The minimum absolute atomic E-state index is 0. The molecule has 0 aliphatic carbocycles. The summed E-state index contributed by atoms with van der Waals surface area (Å²) in [6.07, 6.45) is 2.81. The predicted octanol–water partition coefficient (Wildman–Crippen LogP) is 4.26. The third kappa shape index (κ3) is 3.90. The molecule has 1 saturated heterocycles. The van der Waals surface area contributed by atoms with Crippen LogP contribution < -0.4 is 5.73 Å². The van der Waals surface area contributed by atoms with Crippen molar-refractivity contribution in [2.24, 2.45) is 0 Å². The Morgan fingerprint density at radius 3 is 2.45 bits per heavy atom. The first-order valence-corrected chi connectivity index (χ1v) is 8.12. The predicted molar refractivity (Wildman–Crippen MR) is 92.5 cm³/mol. The summed E-state index contributed by atoms with van der Waals surface area (Å²) >= 11 is 7.36. The Balaban J connectivity index is 0.00000176. The van der Waals surface area contributed by atoms with E-state index in [2.05, 4.69) is 9.88 Å². The van der Waals surface area contributed by atoms with E-state index in [0.717, 1.165) is 30.1 Å². The van der Waals surface area contributed by atoms with Crippen LogP contribution in [0.3, 0.4) is 0 Å². The number of aromatic nitrogens is 1. The number of thiazole rings is 1. The van der Waals surface area contributed by atoms with Gasteiger partial charge in [-0.3, -0.25) is 4.90 Å². The van der Waals surface area contributed by atoms with E-state index >= 15 is 4.39 Å². The van der Waals surface area contributed by atoms with Gasteiger partial charge in [-0.05, 0) is 30.5 Å². The molecule has 1 aromatic carbocycles. The monoisotopic (exact) mass is 361 g/mol. The summed E-state index contributed by atoms with van der Waals surface area (Å²) in [4.78, 5) is 7.43. The van der Waals surface area contributed by atoms with Gasteiger partial charge in [-0.1, -0.05) is 23.7 Å². The van der Waals surface area contributed by atoms with Crippen LogP contribution in [0.15, 0.2) is 30.5 Å². The van der Waals surface area contributed by atoms with E-state index in [4.69, 9.17) is 17.3 Å². The Kier molecular flexibility index (Phi) is 5.66. The number of hydrogen-bond acceptors (Lipinski definition) is 4. The molecule has 0 saturated carbocycles. The van der Waals surface area contributed by atoms with Crippen molar-refractivity contribution >= 4 is 40.5 Å². The first-order valence-electron chi connectivity index (χ1n) is 6.93. The molecular formula is C15H18Cl2FN3S. The second-order valence-electron chi connectivity index (χ2n) is 5.41. The average molecular weight is 362 g/mol. The van der Waals surface area contributed by atoms with E-state index in [1.165, 1.54) is 11.3 Å². The zero-order valence-corrected chi connectivity index (χ0v) is 14.4. The summed E-state index contributed by atoms with van der Waals surface area (Å²) in [6.45, 7) is 2.26. The third-order valence-corrected chi connectivity index (χ3v) is 5.02. The van der Waals surface area contributed by atoms with Crippen LogP contribution in [0.25, 0.3) is 0 Å². The van der Waals surface area contributed by atoms with Crippen LogP contribution in [0.4, 0.5) is 9.52 Å². The van der Waals surface area contributed by atoms with Gasteiger partial charge >= 0.3 is 0 Å². The second-order valence-corrected chi connectivity index (χ2v) is 7.00. The molecule has 120 valence electrons.